The van der Waals surface area contributed by atoms with Gasteiger partial charge in [-0.25, -0.2) is 4.98 Å². The summed E-state index contributed by atoms with van der Waals surface area (Å²) in [5.74, 6) is 2.79. The lowest BCUT2D eigenvalue weighted by atomic mass is 9.89. The fourth-order valence-corrected chi connectivity index (χ4v) is 3.07. The summed E-state index contributed by atoms with van der Waals surface area (Å²) in [5, 5.41) is 2.77. The summed E-state index contributed by atoms with van der Waals surface area (Å²) in [6.45, 7) is 10.4. The lowest BCUT2D eigenvalue weighted by molar-refractivity contribution is -0.133. The van der Waals surface area contributed by atoms with Crippen LogP contribution in [0.2, 0.25) is 0 Å². The van der Waals surface area contributed by atoms with Gasteiger partial charge in [-0.1, -0.05) is 65.2 Å². The van der Waals surface area contributed by atoms with Gasteiger partial charge in [0.2, 0.25) is 0 Å². The summed E-state index contributed by atoms with van der Waals surface area (Å²) in [6, 6.07) is 1.95. The van der Waals surface area contributed by atoms with Crippen molar-refractivity contribution in [1.82, 2.24) is 4.98 Å². The van der Waals surface area contributed by atoms with Gasteiger partial charge in [0.15, 0.2) is 0 Å². The van der Waals surface area contributed by atoms with Gasteiger partial charge in [0.05, 0.1) is 5.56 Å². The van der Waals surface area contributed by atoms with Crippen LogP contribution in [0.3, 0.4) is 0 Å². The van der Waals surface area contributed by atoms with E-state index in [1.165, 1.54) is 52.1 Å². The van der Waals surface area contributed by atoms with Crippen molar-refractivity contribution >= 4 is 11.7 Å². The van der Waals surface area contributed by atoms with Gasteiger partial charge in [-0.3, -0.25) is 4.79 Å². The van der Waals surface area contributed by atoms with E-state index in [2.05, 4.69) is 37.0 Å². The molecule has 29 heavy (non-hydrogen) atoms. The molecule has 0 fully saturated rings. The number of methoxy groups -OCH3 is 1. The topological polar surface area (TPSA) is 51.2 Å². The smallest absolute Gasteiger partial charge is 0.257 e. The molecule has 0 aliphatic rings. The monoisotopic (exact) mass is 400 g/mol. The highest BCUT2D eigenvalue weighted by molar-refractivity contribution is 5.96. The van der Waals surface area contributed by atoms with Gasteiger partial charge in [0, 0.05) is 13.3 Å². The van der Waals surface area contributed by atoms with Gasteiger partial charge in [-0.05, 0) is 50.2 Å². The fourth-order valence-electron chi connectivity index (χ4n) is 3.07. The van der Waals surface area contributed by atoms with E-state index in [9.17, 15) is 4.79 Å². The van der Waals surface area contributed by atoms with E-state index in [1.807, 2.05) is 12.3 Å². The molecule has 0 atom stereocenters. The minimum atomic E-state index is -0.932. The van der Waals surface area contributed by atoms with Crippen LogP contribution in [-0.4, -0.2) is 23.6 Å². The Morgan fingerprint density at radius 1 is 1.07 bits per heavy atom. The fraction of sp³-hybridized carbons (Fsp3) is 0.680. The summed E-state index contributed by atoms with van der Waals surface area (Å²) in [7, 11) is 1.50. The Balaban J connectivity index is 2.36. The molecule has 0 radical (unpaired) electrons. The number of rotatable bonds is 12. The first kappa shape index (κ1) is 25.2. The average Bonchev–Trinajstić information content (AvgIpc) is 2.66. The number of terminal acetylenes is 1. The molecule has 0 aliphatic heterocycles. The Bertz CT molecular complexity index is 681. The van der Waals surface area contributed by atoms with E-state index in [0.717, 1.165) is 18.4 Å². The van der Waals surface area contributed by atoms with E-state index in [4.69, 9.17) is 11.2 Å². The normalized spacial score (nSPS) is 11.9. The average molecular weight is 401 g/mol. The lowest BCUT2D eigenvalue weighted by Crippen LogP contribution is -2.39. The van der Waals surface area contributed by atoms with E-state index in [1.54, 1.807) is 13.8 Å². The first-order valence-corrected chi connectivity index (χ1v) is 10.9. The van der Waals surface area contributed by atoms with Gasteiger partial charge < -0.3 is 10.1 Å². The predicted molar refractivity (Wildman–Crippen MR) is 122 cm³/mol. The van der Waals surface area contributed by atoms with Crippen molar-refractivity contribution in [2.75, 3.05) is 12.4 Å². The summed E-state index contributed by atoms with van der Waals surface area (Å²) < 4.78 is 5.20. The number of nitrogens with zero attached hydrogens (tertiary/aromatic N) is 1. The summed E-state index contributed by atoms with van der Waals surface area (Å²) in [4.78, 5) is 16.6. The van der Waals surface area contributed by atoms with Gasteiger partial charge in [0.25, 0.3) is 5.91 Å². The number of carbonyl (C=O) groups is 1. The molecule has 1 aromatic heterocycles. The minimum Gasteiger partial charge on any atom is -0.369 e. The highest BCUT2D eigenvalue weighted by Crippen LogP contribution is 2.23. The molecule has 1 N–H and O–H groups in total. The van der Waals surface area contributed by atoms with Crippen molar-refractivity contribution in [3.8, 4) is 12.3 Å². The Labute approximate surface area is 178 Å². The third-order valence-electron chi connectivity index (χ3n) is 5.28. The number of aromatic nitrogens is 1. The van der Waals surface area contributed by atoms with Gasteiger partial charge in [-0.15, -0.1) is 6.42 Å². The van der Waals surface area contributed by atoms with Crippen LogP contribution in [-0.2, 0) is 16.0 Å². The molecule has 0 saturated heterocycles. The predicted octanol–water partition coefficient (Wildman–Crippen LogP) is 6.14. The molecule has 1 heterocycles. The van der Waals surface area contributed by atoms with Crippen LogP contribution in [0.5, 0.6) is 0 Å². The van der Waals surface area contributed by atoms with Crippen LogP contribution >= 0.6 is 0 Å². The molecule has 4 heteroatoms. The zero-order valence-corrected chi connectivity index (χ0v) is 19.4. The van der Waals surface area contributed by atoms with Crippen LogP contribution in [0.4, 0.5) is 5.82 Å². The molecule has 0 unspecified atom stereocenters. The van der Waals surface area contributed by atoms with Crippen molar-refractivity contribution in [2.45, 2.75) is 98.0 Å². The van der Waals surface area contributed by atoms with Gasteiger partial charge in [-0.2, -0.15) is 0 Å². The number of aryl methyl sites for hydroxylation is 1. The number of carbonyl (C=O) groups excluding carboxylic acids is 1. The molecular weight excluding hydrogens is 360 g/mol. The number of pyridine rings is 1. The molecule has 0 aliphatic carbocycles. The third kappa shape index (κ3) is 9.94. The second kappa shape index (κ2) is 12.0. The van der Waals surface area contributed by atoms with Crippen LogP contribution < -0.4 is 5.32 Å². The molecular formula is C25H40N2O2. The highest BCUT2D eigenvalue weighted by atomic mass is 16.5. The molecule has 1 amide bonds. The van der Waals surface area contributed by atoms with Crippen molar-refractivity contribution in [1.29, 1.82) is 0 Å². The standard InChI is InChI=1S/C25H40N2O2/c1-8-21-18-20(19-26-22(21)27-23(28)25(5,6)29-7)16-14-12-10-9-11-13-15-17-24(2,3)4/h1,18-19H,9-17H2,2-7H3,(H,26,27,28). The molecule has 0 bridgehead atoms. The Kier molecular flexibility index (Phi) is 10.4. The van der Waals surface area contributed by atoms with E-state index in [-0.39, 0.29) is 5.91 Å². The van der Waals surface area contributed by atoms with E-state index in [0.29, 0.717) is 16.8 Å². The van der Waals surface area contributed by atoms with Crippen molar-refractivity contribution in [3.63, 3.8) is 0 Å². The molecule has 0 saturated carbocycles. The molecule has 4 nitrogen and oxygen atoms in total. The van der Waals surface area contributed by atoms with Crippen LogP contribution in [0, 0.1) is 17.8 Å². The maximum atomic E-state index is 12.3. The zero-order chi connectivity index (χ0) is 21.9. The molecule has 1 rings (SSSR count). The maximum absolute atomic E-state index is 12.3. The lowest BCUT2D eigenvalue weighted by Gasteiger charge is -2.21. The van der Waals surface area contributed by atoms with Gasteiger partial charge >= 0.3 is 0 Å². The van der Waals surface area contributed by atoms with Crippen LogP contribution in [0.1, 0.15) is 97.1 Å². The molecule has 162 valence electrons. The van der Waals surface area contributed by atoms with Crippen molar-refractivity contribution in [3.05, 3.63) is 23.4 Å². The van der Waals surface area contributed by atoms with Crippen LogP contribution in [0.25, 0.3) is 0 Å². The highest BCUT2D eigenvalue weighted by Gasteiger charge is 2.27. The number of hydrogen-bond donors (Lipinski definition) is 1. The molecule has 0 spiro atoms. The van der Waals surface area contributed by atoms with E-state index < -0.39 is 5.60 Å². The zero-order valence-electron chi connectivity index (χ0n) is 19.4. The quantitative estimate of drug-likeness (QED) is 0.339. The summed E-state index contributed by atoms with van der Waals surface area (Å²) in [5.41, 5.74) is 1.26. The number of unbranched alkanes of at least 4 members (excludes halogenated alkanes) is 6. The van der Waals surface area contributed by atoms with Crippen molar-refractivity contribution < 1.29 is 9.53 Å². The SMILES string of the molecule is C#Cc1cc(CCCCCCCCCC(C)(C)C)cnc1NC(=O)C(C)(C)OC. The first-order valence-electron chi connectivity index (χ1n) is 10.9. The van der Waals surface area contributed by atoms with Gasteiger partial charge in [0.1, 0.15) is 11.4 Å². The molecule has 0 aromatic carbocycles. The summed E-state index contributed by atoms with van der Waals surface area (Å²) >= 11 is 0. The first-order chi connectivity index (χ1) is 13.6. The largest absolute Gasteiger partial charge is 0.369 e. The number of hydrogen-bond acceptors (Lipinski definition) is 3. The Hall–Kier alpha value is -1.86. The Morgan fingerprint density at radius 2 is 1.66 bits per heavy atom. The maximum Gasteiger partial charge on any atom is 0.257 e. The number of nitrogens with one attached hydrogen (secondary N) is 1. The van der Waals surface area contributed by atoms with Crippen LogP contribution in [0.15, 0.2) is 12.3 Å². The number of anilines is 1. The van der Waals surface area contributed by atoms with Crippen molar-refractivity contribution in [2.24, 2.45) is 5.41 Å². The minimum absolute atomic E-state index is 0.265. The second-order valence-electron chi connectivity index (χ2n) is 9.59. The molecule has 1 aromatic rings. The van der Waals surface area contributed by atoms with E-state index >= 15 is 0 Å². The Morgan fingerprint density at radius 3 is 2.21 bits per heavy atom. The number of amides is 1. The summed E-state index contributed by atoms with van der Waals surface area (Å²) in [6.07, 6.45) is 18.7. The third-order valence-corrected chi connectivity index (χ3v) is 5.28. The second-order valence-corrected chi connectivity index (χ2v) is 9.59. The number of ether oxygens (including phenoxy) is 1.